The fourth-order valence-electron chi connectivity index (χ4n) is 4.62. The first-order valence-corrected chi connectivity index (χ1v) is 16.2. The summed E-state index contributed by atoms with van der Waals surface area (Å²) in [7, 11) is -4.23. The van der Waals surface area contributed by atoms with Gasteiger partial charge in [0.1, 0.15) is 11.8 Å². The van der Waals surface area contributed by atoms with Crippen LogP contribution in [0, 0.1) is 19.3 Å². The average molecular weight is 653 g/mol. The molecule has 0 spiro atoms. The lowest BCUT2D eigenvalue weighted by molar-refractivity contribution is 0.0696. The molecule has 1 atom stereocenters. The molecule has 4 rings (SSSR count). The summed E-state index contributed by atoms with van der Waals surface area (Å²) < 4.78 is 35.2. The van der Waals surface area contributed by atoms with E-state index in [9.17, 15) is 18.3 Å². The third-order valence-electron chi connectivity index (χ3n) is 6.96. The van der Waals surface area contributed by atoms with Crippen molar-refractivity contribution in [3.05, 3.63) is 88.5 Å². The molecular weight excluding hydrogens is 616 g/mol. The van der Waals surface area contributed by atoms with E-state index >= 15 is 0 Å². The Morgan fingerprint density at radius 2 is 1.73 bits per heavy atom. The molecule has 4 aromatic rings. The van der Waals surface area contributed by atoms with Crippen LogP contribution in [0.3, 0.4) is 0 Å². The van der Waals surface area contributed by atoms with Gasteiger partial charge in [-0.3, -0.25) is 4.98 Å². The van der Waals surface area contributed by atoms with Crippen LogP contribution in [0.15, 0.2) is 65.8 Å². The summed E-state index contributed by atoms with van der Waals surface area (Å²) in [5.41, 5.74) is 3.78. The molecule has 0 aliphatic rings. The van der Waals surface area contributed by atoms with Crippen molar-refractivity contribution in [2.24, 2.45) is 5.41 Å². The lowest BCUT2D eigenvalue weighted by Gasteiger charge is -2.24. The molecule has 0 aliphatic heterocycles. The predicted molar refractivity (Wildman–Crippen MR) is 173 cm³/mol. The molecule has 0 amide bonds. The van der Waals surface area contributed by atoms with Crippen LogP contribution in [0.5, 0.6) is 5.88 Å². The van der Waals surface area contributed by atoms with E-state index in [1.54, 1.807) is 12.3 Å². The number of benzene rings is 2. The number of halogens is 1. The van der Waals surface area contributed by atoms with Crippen LogP contribution in [-0.2, 0) is 16.6 Å². The van der Waals surface area contributed by atoms with Crippen molar-refractivity contribution in [1.29, 1.82) is 0 Å². The Morgan fingerprint density at radius 3 is 2.40 bits per heavy atom. The number of nitrogens with one attached hydrogen (secondary N) is 2. The highest BCUT2D eigenvalue weighted by Crippen LogP contribution is 2.30. The maximum Gasteiger partial charge on any atom is 0.335 e. The summed E-state index contributed by atoms with van der Waals surface area (Å²) in [4.78, 5) is 28.5. The fourth-order valence-corrected chi connectivity index (χ4v) is 5.77. The molecule has 0 fully saturated rings. The average Bonchev–Trinajstić information content (AvgIpc) is 2.96. The number of aromatic nitrogens is 4. The number of carbonyl (C=O) groups is 1. The number of anilines is 1. The van der Waals surface area contributed by atoms with Crippen molar-refractivity contribution in [3.8, 4) is 17.1 Å². The lowest BCUT2D eigenvalue weighted by atomic mass is 9.89. The quantitative estimate of drug-likeness (QED) is 0.155. The topological polar surface area (TPSA) is 156 Å². The van der Waals surface area contributed by atoms with E-state index in [4.69, 9.17) is 16.3 Å². The number of aromatic carboxylic acids is 1. The summed E-state index contributed by atoms with van der Waals surface area (Å²) in [5.74, 6) is -1.28. The molecule has 1 unspecified atom stereocenters. The van der Waals surface area contributed by atoms with Crippen LogP contribution in [0.2, 0.25) is 5.15 Å². The van der Waals surface area contributed by atoms with E-state index in [0.717, 1.165) is 35.6 Å². The van der Waals surface area contributed by atoms with Gasteiger partial charge in [0.05, 0.1) is 28.0 Å². The molecule has 0 bridgehead atoms. The number of sulfonamides is 1. The second-order valence-corrected chi connectivity index (χ2v) is 14.0. The molecule has 0 radical (unpaired) electrons. The van der Waals surface area contributed by atoms with Crippen LogP contribution in [0.25, 0.3) is 11.3 Å². The van der Waals surface area contributed by atoms with Gasteiger partial charge in [0, 0.05) is 30.4 Å². The summed E-state index contributed by atoms with van der Waals surface area (Å²) in [5, 5.41) is 13.1. The van der Waals surface area contributed by atoms with Gasteiger partial charge in [-0.25, -0.2) is 27.9 Å². The van der Waals surface area contributed by atoms with E-state index < -0.39 is 16.0 Å². The lowest BCUT2D eigenvalue weighted by Crippen LogP contribution is -2.35. The van der Waals surface area contributed by atoms with Crippen molar-refractivity contribution in [2.45, 2.75) is 64.9 Å². The Bertz CT molecular complexity index is 1760. The SMILES string of the molecule is Cc1cccc(C)c1-c1cc(OCC(CCC(C)(C)C)NCc2cncc(Cl)n2)nc(NS(=O)(=O)c2cccc(C(=O)O)c2)n1. The largest absolute Gasteiger partial charge is 0.478 e. The minimum absolute atomic E-state index is 0.0869. The summed E-state index contributed by atoms with van der Waals surface area (Å²) in [6, 6.07) is 12.4. The second-order valence-electron chi connectivity index (χ2n) is 11.9. The molecule has 2 heterocycles. The van der Waals surface area contributed by atoms with Crippen LogP contribution >= 0.6 is 11.6 Å². The Labute approximate surface area is 268 Å². The molecule has 0 saturated carbocycles. The first kappa shape index (κ1) is 33.8. The Morgan fingerprint density at radius 1 is 1.02 bits per heavy atom. The van der Waals surface area contributed by atoms with E-state index in [1.807, 2.05) is 32.0 Å². The van der Waals surface area contributed by atoms with E-state index in [-0.39, 0.29) is 40.4 Å². The number of rotatable bonds is 13. The Kier molecular flexibility index (Phi) is 10.7. The van der Waals surface area contributed by atoms with Gasteiger partial charge < -0.3 is 15.2 Å². The third-order valence-corrected chi connectivity index (χ3v) is 8.47. The molecular formula is C32H37ClN6O5S. The van der Waals surface area contributed by atoms with Gasteiger partial charge in [-0.05, 0) is 61.4 Å². The van der Waals surface area contributed by atoms with Crippen molar-refractivity contribution >= 4 is 33.5 Å². The second kappa shape index (κ2) is 14.3. The smallest absolute Gasteiger partial charge is 0.335 e. The number of nitrogens with zero attached hydrogens (tertiary/aromatic N) is 4. The predicted octanol–water partition coefficient (Wildman–Crippen LogP) is 6.07. The van der Waals surface area contributed by atoms with Crippen molar-refractivity contribution in [1.82, 2.24) is 25.3 Å². The first-order valence-electron chi connectivity index (χ1n) is 14.3. The van der Waals surface area contributed by atoms with Crippen LogP contribution in [-0.4, -0.2) is 52.1 Å². The monoisotopic (exact) mass is 652 g/mol. The zero-order chi connectivity index (χ0) is 32.8. The van der Waals surface area contributed by atoms with Gasteiger partial charge in [-0.2, -0.15) is 4.98 Å². The maximum atomic E-state index is 13.3. The number of hydrogen-bond acceptors (Lipinski definition) is 9. The minimum atomic E-state index is -4.23. The van der Waals surface area contributed by atoms with Crippen molar-refractivity contribution in [2.75, 3.05) is 11.3 Å². The molecule has 2 aromatic heterocycles. The molecule has 13 heteroatoms. The van der Waals surface area contributed by atoms with E-state index in [2.05, 4.69) is 50.7 Å². The zero-order valence-corrected chi connectivity index (χ0v) is 27.4. The van der Waals surface area contributed by atoms with Gasteiger partial charge in [-0.1, -0.05) is 56.6 Å². The van der Waals surface area contributed by atoms with Crippen LogP contribution < -0.4 is 14.8 Å². The van der Waals surface area contributed by atoms with Crippen LogP contribution in [0.1, 0.15) is 60.8 Å². The van der Waals surface area contributed by atoms with E-state index in [1.165, 1.54) is 24.4 Å². The molecule has 0 aliphatic carbocycles. The first-order chi connectivity index (χ1) is 21.2. The highest BCUT2D eigenvalue weighted by atomic mass is 35.5. The Hall–Kier alpha value is -4.13. The number of carboxylic acid groups (broad SMARTS) is 1. The summed E-state index contributed by atoms with van der Waals surface area (Å²) >= 11 is 6.02. The van der Waals surface area contributed by atoms with Crippen molar-refractivity contribution < 1.29 is 23.1 Å². The van der Waals surface area contributed by atoms with Crippen molar-refractivity contribution in [3.63, 3.8) is 0 Å². The molecule has 45 heavy (non-hydrogen) atoms. The highest BCUT2D eigenvalue weighted by molar-refractivity contribution is 7.92. The number of ether oxygens (including phenoxy) is 1. The summed E-state index contributed by atoms with van der Waals surface area (Å²) in [6.45, 7) is 11.0. The van der Waals surface area contributed by atoms with E-state index in [0.29, 0.717) is 23.1 Å². The maximum absolute atomic E-state index is 13.3. The summed E-state index contributed by atoms with van der Waals surface area (Å²) in [6.07, 6.45) is 4.81. The molecule has 2 aromatic carbocycles. The molecule has 11 nitrogen and oxygen atoms in total. The standard InChI is InChI=1S/C32H37ClN6O5S/c1-20-8-6-9-21(2)29(20)26-15-28(38-31(37-26)39-45(42,43)25-11-7-10-22(14-25)30(40)41)44-19-23(12-13-32(3,4)5)35-17-24-16-34-18-27(33)36-24/h6-11,14-16,18,23,35H,12-13,17,19H2,1-5H3,(H,40,41)(H,37,38,39). The van der Waals surface area contributed by atoms with Gasteiger partial charge in [0.2, 0.25) is 11.8 Å². The Balaban J connectivity index is 1.65. The molecule has 238 valence electrons. The van der Waals surface area contributed by atoms with Gasteiger partial charge in [-0.15, -0.1) is 0 Å². The highest BCUT2D eigenvalue weighted by Gasteiger charge is 2.21. The molecule has 0 saturated heterocycles. The number of aryl methyl sites for hydroxylation is 2. The van der Waals surface area contributed by atoms with Gasteiger partial charge in [0.15, 0.2) is 0 Å². The van der Waals surface area contributed by atoms with Gasteiger partial charge in [0.25, 0.3) is 10.0 Å². The third kappa shape index (κ3) is 9.68. The number of carboxylic acids is 1. The van der Waals surface area contributed by atoms with Crippen LogP contribution in [0.4, 0.5) is 5.95 Å². The normalized spacial score (nSPS) is 12.5. The van der Waals surface area contributed by atoms with Gasteiger partial charge >= 0.3 is 5.97 Å². The molecule has 3 N–H and O–H groups in total. The number of hydrogen-bond donors (Lipinski definition) is 3. The fraction of sp³-hybridized carbons (Fsp3) is 0.344. The minimum Gasteiger partial charge on any atom is -0.478 e. The zero-order valence-electron chi connectivity index (χ0n) is 25.8.